The molecule has 0 aromatic carbocycles. The van der Waals surface area contributed by atoms with Gasteiger partial charge >= 0.3 is 0 Å². The summed E-state index contributed by atoms with van der Waals surface area (Å²) in [6, 6.07) is 0. The molecule has 0 amide bonds. The summed E-state index contributed by atoms with van der Waals surface area (Å²) in [5.41, 5.74) is 1.43. The summed E-state index contributed by atoms with van der Waals surface area (Å²) in [5, 5.41) is 11.2. The molecule has 8 aliphatic rings. The van der Waals surface area contributed by atoms with Crippen LogP contribution in [0.15, 0.2) is 12.2 Å². The van der Waals surface area contributed by atoms with Crippen molar-refractivity contribution in [3.8, 4) is 0 Å². The third-order valence-electron chi connectivity index (χ3n) is 9.37. The summed E-state index contributed by atoms with van der Waals surface area (Å²) in [6.45, 7) is 9.11. The minimum Gasteiger partial charge on any atom is -0.388 e. The quantitative estimate of drug-likeness (QED) is 0.697. The standard InChI is InChI=1S/C20H28O3/c1-10-11-4-5-12-19-7-6-14-18(2,3)13(19)8-15(23-17(19)22-14)20(12,9-11)16(10)21/h11-17,21H,1,4-9H2,2-3H3. The van der Waals surface area contributed by atoms with E-state index in [1.54, 1.807) is 0 Å². The zero-order valence-electron chi connectivity index (χ0n) is 14.3. The van der Waals surface area contributed by atoms with Gasteiger partial charge in [-0.15, -0.1) is 0 Å². The second-order valence-corrected chi connectivity index (χ2v) is 9.96. The summed E-state index contributed by atoms with van der Waals surface area (Å²) in [7, 11) is 0. The first-order valence-electron chi connectivity index (χ1n) is 9.60. The van der Waals surface area contributed by atoms with Crippen molar-refractivity contribution in [1.29, 1.82) is 0 Å². The Balaban J connectivity index is 1.57. The largest absolute Gasteiger partial charge is 0.388 e. The molecule has 9 atom stereocenters. The monoisotopic (exact) mass is 316 g/mol. The molecule has 8 rings (SSSR count). The molecule has 9 unspecified atom stereocenters. The minimum atomic E-state index is -0.357. The van der Waals surface area contributed by atoms with Crippen molar-refractivity contribution in [1.82, 2.24) is 0 Å². The molecule has 0 radical (unpaired) electrons. The van der Waals surface area contributed by atoms with Crippen molar-refractivity contribution >= 4 is 0 Å². The average molecular weight is 316 g/mol. The van der Waals surface area contributed by atoms with Gasteiger partial charge in [-0.2, -0.15) is 0 Å². The van der Waals surface area contributed by atoms with Gasteiger partial charge in [0.1, 0.15) is 0 Å². The molecule has 4 aliphatic heterocycles. The van der Waals surface area contributed by atoms with Crippen molar-refractivity contribution in [2.45, 2.75) is 77.0 Å². The van der Waals surface area contributed by atoms with Gasteiger partial charge < -0.3 is 14.6 Å². The lowest BCUT2D eigenvalue weighted by Crippen LogP contribution is -2.79. The van der Waals surface area contributed by atoms with Gasteiger partial charge in [0.2, 0.25) is 0 Å². The van der Waals surface area contributed by atoms with Crippen LogP contribution < -0.4 is 0 Å². The fourth-order valence-electron chi connectivity index (χ4n) is 8.47. The molecule has 0 aromatic heterocycles. The van der Waals surface area contributed by atoms with Gasteiger partial charge in [0.05, 0.1) is 18.3 Å². The molecule has 4 heterocycles. The van der Waals surface area contributed by atoms with Crippen LogP contribution in [0.1, 0.15) is 52.4 Å². The molecule has 23 heavy (non-hydrogen) atoms. The highest BCUT2D eigenvalue weighted by Crippen LogP contribution is 2.78. The third-order valence-corrected chi connectivity index (χ3v) is 9.37. The van der Waals surface area contributed by atoms with Crippen LogP contribution in [0.2, 0.25) is 0 Å². The predicted octanol–water partition coefficient (Wildman–Crippen LogP) is 3.27. The number of rotatable bonds is 0. The lowest BCUT2D eigenvalue weighted by Gasteiger charge is -2.76. The molecule has 8 fully saturated rings. The molecular weight excluding hydrogens is 288 g/mol. The number of hydrogen-bond donors (Lipinski definition) is 1. The number of aliphatic hydroxyl groups excluding tert-OH is 1. The number of aliphatic hydroxyl groups is 1. The Hall–Kier alpha value is -0.380. The Labute approximate surface area is 138 Å². The summed E-state index contributed by atoms with van der Waals surface area (Å²) < 4.78 is 13.0. The summed E-state index contributed by atoms with van der Waals surface area (Å²) >= 11 is 0. The van der Waals surface area contributed by atoms with Gasteiger partial charge in [-0.1, -0.05) is 20.4 Å². The molecule has 4 saturated heterocycles. The topological polar surface area (TPSA) is 38.7 Å². The Bertz CT molecular complexity index is 612. The van der Waals surface area contributed by atoms with Gasteiger partial charge in [-0.3, -0.25) is 0 Å². The number of hydrogen-bond acceptors (Lipinski definition) is 3. The van der Waals surface area contributed by atoms with Gasteiger partial charge in [0.25, 0.3) is 0 Å². The van der Waals surface area contributed by atoms with E-state index in [-0.39, 0.29) is 34.7 Å². The van der Waals surface area contributed by atoms with E-state index >= 15 is 0 Å². The highest BCUT2D eigenvalue weighted by molar-refractivity contribution is 5.32. The predicted molar refractivity (Wildman–Crippen MR) is 85.5 cm³/mol. The minimum absolute atomic E-state index is 0.00809. The number of fused-ring (bicyclic) bond motifs is 2. The molecule has 0 aromatic rings. The second kappa shape index (κ2) is 3.73. The molecule has 126 valence electrons. The van der Waals surface area contributed by atoms with Crippen LogP contribution in [-0.2, 0) is 9.47 Å². The molecule has 2 spiro atoms. The van der Waals surface area contributed by atoms with Crippen molar-refractivity contribution in [2.75, 3.05) is 0 Å². The lowest BCUT2D eigenvalue weighted by molar-refractivity contribution is -0.452. The first-order valence-corrected chi connectivity index (χ1v) is 9.60. The van der Waals surface area contributed by atoms with E-state index in [9.17, 15) is 5.11 Å². The van der Waals surface area contributed by atoms with E-state index in [0.717, 1.165) is 18.4 Å². The Morgan fingerprint density at radius 2 is 1.83 bits per heavy atom. The van der Waals surface area contributed by atoms with Crippen molar-refractivity contribution in [3.05, 3.63) is 12.2 Å². The van der Waals surface area contributed by atoms with Gasteiger partial charge in [0, 0.05) is 10.8 Å². The Morgan fingerprint density at radius 3 is 2.65 bits per heavy atom. The van der Waals surface area contributed by atoms with E-state index < -0.39 is 0 Å². The van der Waals surface area contributed by atoms with Crippen LogP contribution in [0.5, 0.6) is 0 Å². The van der Waals surface area contributed by atoms with Crippen molar-refractivity contribution in [3.63, 3.8) is 0 Å². The summed E-state index contributed by atoms with van der Waals surface area (Å²) in [6.07, 6.45) is 7.23. The highest BCUT2D eigenvalue weighted by Gasteiger charge is 2.79. The maximum Gasteiger partial charge on any atom is 0.164 e. The van der Waals surface area contributed by atoms with Crippen LogP contribution >= 0.6 is 0 Å². The van der Waals surface area contributed by atoms with E-state index in [1.807, 2.05) is 0 Å². The normalized spacial score (nSPS) is 64.1. The van der Waals surface area contributed by atoms with Gasteiger partial charge in [-0.05, 0) is 67.3 Å². The molecule has 4 saturated carbocycles. The molecule has 7 bridgehead atoms. The van der Waals surface area contributed by atoms with E-state index in [0.29, 0.717) is 23.9 Å². The van der Waals surface area contributed by atoms with Gasteiger partial charge in [0.15, 0.2) is 6.29 Å². The average Bonchev–Trinajstić information content (AvgIpc) is 2.73. The second-order valence-electron chi connectivity index (χ2n) is 9.96. The first kappa shape index (κ1) is 13.9. The van der Waals surface area contributed by atoms with E-state index in [2.05, 4.69) is 20.4 Å². The summed E-state index contributed by atoms with van der Waals surface area (Å²) in [4.78, 5) is 0. The van der Waals surface area contributed by atoms with Gasteiger partial charge in [-0.25, -0.2) is 0 Å². The van der Waals surface area contributed by atoms with Crippen molar-refractivity contribution in [2.24, 2.45) is 34.0 Å². The fraction of sp³-hybridized carbons (Fsp3) is 0.900. The van der Waals surface area contributed by atoms with Crippen LogP contribution in [0.4, 0.5) is 0 Å². The van der Waals surface area contributed by atoms with E-state index in [1.165, 1.54) is 25.7 Å². The molecule has 3 nitrogen and oxygen atoms in total. The smallest absolute Gasteiger partial charge is 0.164 e. The molecule has 1 N–H and O–H groups in total. The number of ether oxygens (including phenoxy) is 2. The zero-order chi connectivity index (χ0) is 15.8. The SMILES string of the molecule is C=C1C2CCC3C(C2)(C2CC4C(C)(C)C5CCC43C(O5)O2)C1O. The van der Waals surface area contributed by atoms with Crippen LogP contribution in [-0.4, -0.2) is 29.7 Å². The highest BCUT2D eigenvalue weighted by atomic mass is 16.7. The van der Waals surface area contributed by atoms with E-state index in [4.69, 9.17) is 9.47 Å². The fourth-order valence-corrected chi connectivity index (χ4v) is 8.47. The lowest BCUT2D eigenvalue weighted by atomic mass is 9.36. The van der Waals surface area contributed by atoms with Crippen LogP contribution in [0.3, 0.4) is 0 Å². The van der Waals surface area contributed by atoms with Crippen LogP contribution in [0, 0.1) is 34.0 Å². The molecule has 3 heteroatoms. The Kier molecular flexibility index (Phi) is 2.25. The third kappa shape index (κ3) is 1.19. The zero-order valence-corrected chi connectivity index (χ0v) is 14.3. The van der Waals surface area contributed by atoms with Crippen LogP contribution in [0.25, 0.3) is 0 Å². The van der Waals surface area contributed by atoms with Crippen molar-refractivity contribution < 1.29 is 14.6 Å². The Morgan fingerprint density at radius 1 is 1.04 bits per heavy atom. The molecule has 4 aliphatic carbocycles. The molecular formula is C20H28O3. The summed E-state index contributed by atoms with van der Waals surface area (Å²) in [5.74, 6) is 1.77. The first-order chi connectivity index (χ1) is 10.9. The maximum atomic E-state index is 11.2. The maximum absolute atomic E-state index is 11.2.